The van der Waals surface area contributed by atoms with Gasteiger partial charge in [-0.3, -0.25) is 4.99 Å². The topological polar surface area (TPSA) is 48.2 Å². The largest absolute Gasteiger partial charge is 0.411 e. The van der Waals surface area contributed by atoms with Crippen molar-refractivity contribution >= 4 is 35.3 Å². The molecule has 0 fully saturated rings. The maximum absolute atomic E-state index is 8.61. The Hall–Kier alpha value is -1.26. The summed E-state index contributed by atoms with van der Waals surface area (Å²) < 4.78 is 0. The first kappa shape index (κ1) is 13.2. The van der Waals surface area contributed by atoms with Crippen molar-refractivity contribution in [3.8, 4) is 0 Å². The van der Waals surface area contributed by atoms with E-state index in [9.17, 15) is 0 Å². The van der Waals surface area contributed by atoms with Crippen molar-refractivity contribution in [2.45, 2.75) is 13.0 Å². The molecule has 1 aliphatic heterocycles. The van der Waals surface area contributed by atoms with Crippen LogP contribution in [0.15, 0.2) is 28.3 Å². The molecule has 1 aromatic rings. The molecule has 6 heteroatoms. The molecule has 0 saturated heterocycles. The zero-order chi connectivity index (χ0) is 13.0. The first-order valence-electron chi connectivity index (χ1n) is 5.61. The lowest BCUT2D eigenvalue weighted by molar-refractivity contribution is 0.320. The molecule has 1 aliphatic rings. The number of oxime groups is 1. The third-order valence-electron chi connectivity index (χ3n) is 2.73. The van der Waals surface area contributed by atoms with Gasteiger partial charge in [-0.25, -0.2) is 0 Å². The monoisotopic (exact) mass is 285 g/mol. The zero-order valence-electron chi connectivity index (χ0n) is 9.68. The Morgan fingerprint density at radius 3 is 3.00 bits per heavy atom. The third-order valence-corrected chi connectivity index (χ3v) is 3.32. The molecular weight excluding hydrogens is 273 g/mol. The summed E-state index contributed by atoms with van der Waals surface area (Å²) in [5.41, 5.74) is 0.974. The van der Waals surface area contributed by atoms with Gasteiger partial charge in [0.25, 0.3) is 0 Å². The molecule has 1 aromatic carbocycles. The summed E-state index contributed by atoms with van der Waals surface area (Å²) in [7, 11) is 0. The summed E-state index contributed by atoms with van der Waals surface area (Å²) >= 11 is 12.0. The van der Waals surface area contributed by atoms with Crippen molar-refractivity contribution in [3.05, 3.63) is 33.8 Å². The smallest absolute Gasteiger partial charge is 0.146 e. The summed E-state index contributed by atoms with van der Waals surface area (Å²) in [6.45, 7) is 2.25. The first-order chi connectivity index (χ1) is 8.70. The van der Waals surface area contributed by atoms with Crippen molar-refractivity contribution in [1.82, 2.24) is 4.90 Å². The Balaban J connectivity index is 2.17. The van der Waals surface area contributed by atoms with Gasteiger partial charge < -0.3 is 10.1 Å². The number of hydrogen-bond donors (Lipinski definition) is 1. The normalized spacial score (nSPS) is 16.1. The number of rotatable bonds is 3. The fraction of sp³-hybridized carbons (Fsp3) is 0.333. The molecule has 1 heterocycles. The van der Waals surface area contributed by atoms with E-state index in [2.05, 4.69) is 10.1 Å². The highest BCUT2D eigenvalue weighted by Gasteiger charge is 2.15. The standard InChI is InChI=1S/C12H13Cl2N3O/c13-10-3-2-9(11(14)6-10)8-17-5-1-4-15-12(17)7-16-18/h2-3,6-7,18H,1,4-5,8H2. The van der Waals surface area contributed by atoms with Crippen LogP contribution < -0.4 is 0 Å². The van der Waals surface area contributed by atoms with Gasteiger partial charge in [-0.15, -0.1) is 0 Å². The summed E-state index contributed by atoms with van der Waals surface area (Å²) in [4.78, 5) is 6.33. The minimum atomic E-state index is 0.619. The second-order valence-electron chi connectivity index (χ2n) is 4.00. The van der Waals surface area contributed by atoms with Crippen molar-refractivity contribution in [1.29, 1.82) is 0 Å². The molecular formula is C12H13Cl2N3O. The number of aliphatic imine (C=N–C) groups is 1. The molecule has 96 valence electrons. The van der Waals surface area contributed by atoms with Gasteiger partial charge in [0.15, 0.2) is 0 Å². The van der Waals surface area contributed by atoms with Crippen molar-refractivity contribution in [3.63, 3.8) is 0 Å². The fourth-order valence-electron chi connectivity index (χ4n) is 1.86. The summed E-state index contributed by atoms with van der Waals surface area (Å²) in [5, 5.41) is 12.9. The third kappa shape index (κ3) is 3.15. The Morgan fingerprint density at radius 1 is 1.44 bits per heavy atom. The molecule has 0 amide bonds. The van der Waals surface area contributed by atoms with Crippen LogP contribution in [0, 0.1) is 0 Å². The summed E-state index contributed by atoms with van der Waals surface area (Å²) in [6.07, 6.45) is 2.33. The van der Waals surface area contributed by atoms with E-state index in [0.717, 1.165) is 25.1 Å². The van der Waals surface area contributed by atoms with Gasteiger partial charge in [-0.2, -0.15) is 0 Å². The molecule has 0 aromatic heterocycles. The molecule has 0 aliphatic carbocycles. The van der Waals surface area contributed by atoms with E-state index in [0.29, 0.717) is 22.4 Å². The van der Waals surface area contributed by atoms with E-state index >= 15 is 0 Å². The van der Waals surface area contributed by atoms with Gasteiger partial charge >= 0.3 is 0 Å². The highest BCUT2D eigenvalue weighted by Crippen LogP contribution is 2.22. The van der Waals surface area contributed by atoms with Crippen LogP contribution >= 0.6 is 23.2 Å². The van der Waals surface area contributed by atoms with Crippen LogP contribution in [0.3, 0.4) is 0 Å². The van der Waals surface area contributed by atoms with Crippen LogP contribution in [0.25, 0.3) is 0 Å². The molecule has 0 bridgehead atoms. The minimum absolute atomic E-state index is 0.619. The Bertz CT molecular complexity index is 488. The van der Waals surface area contributed by atoms with E-state index < -0.39 is 0 Å². The lowest BCUT2D eigenvalue weighted by atomic mass is 10.2. The number of halogens is 2. The molecule has 18 heavy (non-hydrogen) atoms. The van der Waals surface area contributed by atoms with Crippen LogP contribution in [-0.2, 0) is 6.54 Å². The zero-order valence-corrected chi connectivity index (χ0v) is 11.2. The van der Waals surface area contributed by atoms with E-state index in [1.54, 1.807) is 6.07 Å². The maximum Gasteiger partial charge on any atom is 0.146 e. The summed E-state index contributed by atoms with van der Waals surface area (Å²) in [6, 6.07) is 5.43. The maximum atomic E-state index is 8.61. The van der Waals surface area contributed by atoms with Crippen LogP contribution in [0.5, 0.6) is 0 Å². The van der Waals surface area contributed by atoms with Gasteiger partial charge in [-0.1, -0.05) is 34.4 Å². The van der Waals surface area contributed by atoms with Gasteiger partial charge in [-0.05, 0) is 24.1 Å². The van der Waals surface area contributed by atoms with Crippen molar-refractivity contribution in [2.24, 2.45) is 10.1 Å². The SMILES string of the molecule is ON=CC1=NCCCN1Cc1ccc(Cl)cc1Cl. The Kier molecular flexibility index (Phi) is 4.44. The highest BCUT2D eigenvalue weighted by atomic mass is 35.5. The molecule has 0 radical (unpaired) electrons. The van der Waals surface area contributed by atoms with Gasteiger partial charge in [0.05, 0.1) is 0 Å². The Morgan fingerprint density at radius 2 is 2.28 bits per heavy atom. The molecule has 0 saturated carbocycles. The lowest BCUT2D eigenvalue weighted by Gasteiger charge is -2.27. The van der Waals surface area contributed by atoms with Crippen LogP contribution in [0.2, 0.25) is 10.0 Å². The summed E-state index contributed by atoms with van der Waals surface area (Å²) in [5.74, 6) is 0.676. The molecule has 4 nitrogen and oxygen atoms in total. The molecule has 0 atom stereocenters. The quantitative estimate of drug-likeness (QED) is 0.527. The fourth-order valence-corrected chi connectivity index (χ4v) is 2.33. The van der Waals surface area contributed by atoms with E-state index in [-0.39, 0.29) is 0 Å². The molecule has 1 N–H and O–H groups in total. The lowest BCUT2D eigenvalue weighted by Crippen LogP contribution is -2.36. The molecule has 0 unspecified atom stereocenters. The second-order valence-corrected chi connectivity index (χ2v) is 4.84. The highest BCUT2D eigenvalue weighted by molar-refractivity contribution is 6.35. The molecule has 2 rings (SSSR count). The van der Waals surface area contributed by atoms with Gasteiger partial charge in [0.1, 0.15) is 12.1 Å². The van der Waals surface area contributed by atoms with Crippen molar-refractivity contribution in [2.75, 3.05) is 13.1 Å². The number of benzene rings is 1. The van der Waals surface area contributed by atoms with Gasteiger partial charge in [0.2, 0.25) is 0 Å². The predicted octanol–water partition coefficient (Wildman–Crippen LogP) is 3.06. The van der Waals surface area contributed by atoms with Crippen molar-refractivity contribution < 1.29 is 5.21 Å². The van der Waals surface area contributed by atoms with Crippen LogP contribution in [0.4, 0.5) is 0 Å². The van der Waals surface area contributed by atoms with E-state index in [1.807, 2.05) is 17.0 Å². The number of nitrogens with zero attached hydrogens (tertiary/aromatic N) is 3. The average molecular weight is 286 g/mol. The first-order valence-corrected chi connectivity index (χ1v) is 6.37. The van der Waals surface area contributed by atoms with Crippen LogP contribution in [0.1, 0.15) is 12.0 Å². The molecule has 0 spiro atoms. The van der Waals surface area contributed by atoms with E-state index in [4.69, 9.17) is 28.4 Å². The van der Waals surface area contributed by atoms with E-state index in [1.165, 1.54) is 6.21 Å². The van der Waals surface area contributed by atoms with Crippen LogP contribution in [-0.4, -0.2) is 35.2 Å². The van der Waals surface area contributed by atoms with Gasteiger partial charge in [0, 0.05) is 29.7 Å². The average Bonchev–Trinajstić information content (AvgIpc) is 2.35. The second kappa shape index (κ2) is 6.07. The number of amidine groups is 1. The predicted molar refractivity (Wildman–Crippen MR) is 74.1 cm³/mol. The minimum Gasteiger partial charge on any atom is -0.411 e. The number of hydrogen-bond acceptors (Lipinski definition) is 4. The Labute approximate surface area is 116 Å².